The van der Waals surface area contributed by atoms with E-state index in [1.54, 1.807) is 6.20 Å². The second-order valence-electron chi connectivity index (χ2n) is 7.32. The maximum absolute atomic E-state index is 12.0. The van der Waals surface area contributed by atoms with Gasteiger partial charge in [0.05, 0.1) is 12.7 Å². The van der Waals surface area contributed by atoms with E-state index in [-0.39, 0.29) is 12.5 Å². The SMILES string of the molecule is CCN1CCN(CC(O)COc2ccc(-c3cn[nH]c3)c3ccccc23)CC1=O. The Bertz CT molecular complexity index is 973. The molecule has 152 valence electrons. The first-order valence-corrected chi connectivity index (χ1v) is 9.97. The topological polar surface area (TPSA) is 81.7 Å². The van der Waals surface area contributed by atoms with Crippen LogP contribution in [0.15, 0.2) is 48.8 Å². The number of H-pyrrole nitrogens is 1. The summed E-state index contributed by atoms with van der Waals surface area (Å²) in [5.74, 6) is 0.853. The molecule has 29 heavy (non-hydrogen) atoms. The monoisotopic (exact) mass is 394 g/mol. The van der Waals surface area contributed by atoms with Crippen molar-refractivity contribution in [1.82, 2.24) is 20.0 Å². The van der Waals surface area contributed by atoms with Crippen LogP contribution in [0.2, 0.25) is 0 Å². The normalized spacial score (nSPS) is 16.3. The molecular weight excluding hydrogens is 368 g/mol. The average Bonchev–Trinajstić information content (AvgIpc) is 3.27. The van der Waals surface area contributed by atoms with Crippen molar-refractivity contribution in [1.29, 1.82) is 0 Å². The number of aliphatic hydroxyl groups is 1. The van der Waals surface area contributed by atoms with Gasteiger partial charge in [-0.05, 0) is 30.0 Å². The molecule has 1 saturated heterocycles. The molecule has 0 bridgehead atoms. The van der Waals surface area contributed by atoms with Crippen LogP contribution in [0.5, 0.6) is 5.75 Å². The summed E-state index contributed by atoms with van der Waals surface area (Å²) in [6, 6.07) is 12.0. The van der Waals surface area contributed by atoms with Crippen molar-refractivity contribution in [3.05, 3.63) is 48.8 Å². The first-order chi connectivity index (χ1) is 14.2. The number of β-amino-alcohol motifs (C(OH)–C–C–N with tert-alkyl or cyclic N) is 1. The summed E-state index contributed by atoms with van der Waals surface area (Å²) in [5.41, 5.74) is 2.10. The first-order valence-electron chi connectivity index (χ1n) is 9.97. The van der Waals surface area contributed by atoms with Gasteiger partial charge < -0.3 is 14.7 Å². The van der Waals surface area contributed by atoms with Crippen LogP contribution >= 0.6 is 0 Å². The number of benzene rings is 2. The van der Waals surface area contributed by atoms with Crippen molar-refractivity contribution < 1.29 is 14.6 Å². The zero-order valence-corrected chi connectivity index (χ0v) is 16.5. The van der Waals surface area contributed by atoms with Gasteiger partial charge in [0.1, 0.15) is 18.5 Å². The largest absolute Gasteiger partial charge is 0.490 e. The van der Waals surface area contributed by atoms with Gasteiger partial charge in [0.15, 0.2) is 0 Å². The summed E-state index contributed by atoms with van der Waals surface area (Å²) in [6.45, 7) is 5.17. The number of aliphatic hydroxyl groups excluding tert-OH is 1. The van der Waals surface area contributed by atoms with Crippen LogP contribution in [0.4, 0.5) is 0 Å². The number of likely N-dealkylation sites (N-methyl/N-ethyl adjacent to an activating group) is 1. The number of amides is 1. The number of ether oxygens (including phenoxy) is 1. The second kappa shape index (κ2) is 8.63. The molecule has 0 aliphatic carbocycles. The summed E-state index contributed by atoms with van der Waals surface area (Å²) >= 11 is 0. The number of fused-ring (bicyclic) bond motifs is 1. The summed E-state index contributed by atoms with van der Waals surface area (Å²) in [7, 11) is 0. The lowest BCUT2D eigenvalue weighted by Crippen LogP contribution is -2.52. The Morgan fingerprint density at radius 2 is 2.03 bits per heavy atom. The lowest BCUT2D eigenvalue weighted by Gasteiger charge is -2.34. The standard InChI is InChI=1S/C22H26N4O3/c1-2-26-10-9-25(14-22(26)28)13-17(27)15-29-21-8-7-18(16-11-23-24-12-16)19-5-3-4-6-20(19)21/h3-8,11-12,17,27H,2,9-10,13-15H2,1H3,(H,23,24). The average molecular weight is 394 g/mol. The third kappa shape index (κ3) is 4.26. The molecule has 2 heterocycles. The highest BCUT2D eigenvalue weighted by Crippen LogP contribution is 2.34. The number of carbonyl (C=O) groups excluding carboxylic acids is 1. The van der Waals surface area contributed by atoms with Crippen molar-refractivity contribution in [2.75, 3.05) is 39.3 Å². The van der Waals surface area contributed by atoms with Gasteiger partial charge in [-0.15, -0.1) is 0 Å². The highest BCUT2D eigenvalue weighted by Gasteiger charge is 2.24. The zero-order chi connectivity index (χ0) is 20.2. The van der Waals surface area contributed by atoms with Crippen LogP contribution in [0.25, 0.3) is 21.9 Å². The minimum absolute atomic E-state index is 0.118. The lowest BCUT2D eigenvalue weighted by molar-refractivity contribution is -0.136. The summed E-state index contributed by atoms with van der Waals surface area (Å²) in [5, 5.41) is 19.4. The third-order valence-electron chi connectivity index (χ3n) is 5.37. The first kappa shape index (κ1) is 19.4. The van der Waals surface area contributed by atoms with Crippen LogP contribution in [-0.2, 0) is 4.79 Å². The lowest BCUT2D eigenvalue weighted by atomic mass is 10.00. The Kier molecular flexibility index (Phi) is 5.78. The molecule has 7 heteroatoms. The van der Waals surface area contributed by atoms with E-state index in [0.29, 0.717) is 19.6 Å². The third-order valence-corrected chi connectivity index (χ3v) is 5.37. The van der Waals surface area contributed by atoms with E-state index in [4.69, 9.17) is 4.74 Å². The van der Waals surface area contributed by atoms with Crippen LogP contribution in [-0.4, -0.2) is 76.4 Å². The molecule has 1 aliphatic rings. The Morgan fingerprint density at radius 1 is 1.21 bits per heavy atom. The minimum Gasteiger partial charge on any atom is -0.490 e. The molecule has 1 amide bonds. The second-order valence-corrected chi connectivity index (χ2v) is 7.32. The van der Waals surface area contributed by atoms with Gasteiger partial charge >= 0.3 is 0 Å². The zero-order valence-electron chi connectivity index (χ0n) is 16.5. The number of rotatable bonds is 7. The van der Waals surface area contributed by atoms with E-state index in [0.717, 1.165) is 40.7 Å². The molecule has 1 atom stereocenters. The minimum atomic E-state index is -0.664. The fourth-order valence-corrected chi connectivity index (χ4v) is 3.83. The number of piperazine rings is 1. The summed E-state index contributed by atoms with van der Waals surface area (Å²) in [4.78, 5) is 15.9. The highest BCUT2D eigenvalue weighted by atomic mass is 16.5. The molecule has 0 radical (unpaired) electrons. The van der Waals surface area contributed by atoms with Gasteiger partial charge in [-0.2, -0.15) is 5.10 Å². The van der Waals surface area contributed by atoms with Crippen LogP contribution < -0.4 is 4.74 Å². The molecule has 1 aliphatic heterocycles. The fraction of sp³-hybridized carbons (Fsp3) is 0.364. The Morgan fingerprint density at radius 3 is 2.76 bits per heavy atom. The van der Waals surface area contributed by atoms with E-state index < -0.39 is 6.10 Å². The summed E-state index contributed by atoms with van der Waals surface area (Å²) in [6.07, 6.45) is 3.00. The van der Waals surface area contributed by atoms with E-state index in [9.17, 15) is 9.90 Å². The molecule has 1 fully saturated rings. The maximum Gasteiger partial charge on any atom is 0.236 e. The fourth-order valence-electron chi connectivity index (χ4n) is 3.83. The number of carbonyl (C=O) groups is 1. The van der Waals surface area contributed by atoms with Crippen LogP contribution in [0.3, 0.4) is 0 Å². The molecule has 2 aromatic carbocycles. The van der Waals surface area contributed by atoms with E-state index in [1.807, 2.05) is 53.3 Å². The van der Waals surface area contributed by atoms with Crippen molar-refractivity contribution in [2.24, 2.45) is 0 Å². The molecule has 4 rings (SSSR count). The maximum atomic E-state index is 12.0. The molecule has 1 aromatic heterocycles. The number of hydrogen-bond donors (Lipinski definition) is 2. The molecule has 0 saturated carbocycles. The molecule has 7 nitrogen and oxygen atoms in total. The van der Waals surface area contributed by atoms with Gasteiger partial charge in [-0.3, -0.25) is 14.8 Å². The van der Waals surface area contributed by atoms with Gasteiger partial charge in [0.25, 0.3) is 0 Å². The number of hydrogen-bond acceptors (Lipinski definition) is 5. The van der Waals surface area contributed by atoms with Gasteiger partial charge in [0.2, 0.25) is 5.91 Å². The van der Waals surface area contributed by atoms with Gasteiger partial charge in [-0.1, -0.05) is 24.3 Å². The van der Waals surface area contributed by atoms with Gasteiger partial charge in [-0.25, -0.2) is 0 Å². The quantitative estimate of drug-likeness (QED) is 0.642. The van der Waals surface area contributed by atoms with E-state index in [1.165, 1.54) is 0 Å². The van der Waals surface area contributed by atoms with Crippen LogP contribution in [0.1, 0.15) is 6.92 Å². The predicted octanol–water partition coefficient (Wildman–Crippen LogP) is 2.13. The van der Waals surface area contributed by atoms with Crippen molar-refractivity contribution in [2.45, 2.75) is 13.0 Å². The number of nitrogens with zero attached hydrogens (tertiary/aromatic N) is 3. The molecule has 3 aromatic rings. The molecule has 1 unspecified atom stereocenters. The van der Waals surface area contributed by atoms with E-state index >= 15 is 0 Å². The van der Waals surface area contributed by atoms with Crippen molar-refractivity contribution in [3.8, 4) is 16.9 Å². The number of aromatic amines is 1. The van der Waals surface area contributed by atoms with Crippen molar-refractivity contribution >= 4 is 16.7 Å². The molecular formula is C22H26N4O3. The Labute approximate surface area is 169 Å². The smallest absolute Gasteiger partial charge is 0.236 e. The van der Waals surface area contributed by atoms with Crippen molar-refractivity contribution in [3.63, 3.8) is 0 Å². The van der Waals surface area contributed by atoms with Gasteiger partial charge in [0, 0.05) is 43.3 Å². The Balaban J connectivity index is 1.42. The molecule has 0 spiro atoms. The number of nitrogens with one attached hydrogen (secondary N) is 1. The van der Waals surface area contributed by atoms with Crippen LogP contribution in [0, 0.1) is 0 Å². The molecule has 2 N–H and O–H groups in total. The number of aromatic nitrogens is 2. The summed E-state index contributed by atoms with van der Waals surface area (Å²) < 4.78 is 5.97. The predicted molar refractivity (Wildman–Crippen MR) is 112 cm³/mol. The van der Waals surface area contributed by atoms with E-state index in [2.05, 4.69) is 16.3 Å². The highest BCUT2D eigenvalue weighted by molar-refractivity contribution is 5.99. The Hall–Kier alpha value is -2.90.